The van der Waals surface area contributed by atoms with E-state index in [1.807, 2.05) is 0 Å². The van der Waals surface area contributed by atoms with Crippen LogP contribution < -0.4 is 0 Å². The van der Waals surface area contributed by atoms with Crippen LogP contribution in [0.3, 0.4) is 0 Å². The predicted molar refractivity (Wildman–Crippen MR) is 68.8 cm³/mol. The highest BCUT2D eigenvalue weighted by Crippen LogP contribution is 2.01. The first-order valence-corrected chi connectivity index (χ1v) is 6.07. The first-order chi connectivity index (χ1) is 6.35. The quantitative estimate of drug-likeness (QED) is 0.555. The smallest absolute Gasteiger partial charge is 0 e. The van der Waals surface area contributed by atoms with Gasteiger partial charge in [0.1, 0.15) is 0 Å². The highest BCUT2D eigenvalue weighted by atomic mass is 32.1. The maximum atomic E-state index is 2.64. The summed E-state index contributed by atoms with van der Waals surface area (Å²) in [6.45, 7) is 10.8. The summed E-state index contributed by atoms with van der Waals surface area (Å²) in [5.41, 5.74) is 0. The molecule has 0 atom stereocenters. The second kappa shape index (κ2) is 13.3. The Kier molecular flexibility index (Phi) is 15.9. The third-order valence-electron chi connectivity index (χ3n) is 2.48. The van der Waals surface area contributed by atoms with Crippen LogP contribution in [0, 0.1) is 0 Å². The molecule has 1 nitrogen and oxygen atoms in total. The van der Waals surface area contributed by atoms with E-state index in [2.05, 4.69) is 25.7 Å². The number of nitrogens with zero attached hydrogens (tertiary/aromatic N) is 1. The van der Waals surface area contributed by atoms with E-state index in [-0.39, 0.29) is 13.5 Å². The normalized spacial score (nSPS) is 10.3. The fourth-order valence-corrected chi connectivity index (χ4v) is 1.48. The summed E-state index contributed by atoms with van der Waals surface area (Å²) in [5.74, 6) is 0. The third kappa shape index (κ3) is 10.4. The Morgan fingerprint density at radius 1 is 0.643 bits per heavy atom. The fourth-order valence-electron chi connectivity index (χ4n) is 1.48. The van der Waals surface area contributed by atoms with Crippen molar-refractivity contribution < 1.29 is 0 Å². The van der Waals surface area contributed by atoms with Crippen molar-refractivity contribution in [3.63, 3.8) is 0 Å². The zero-order valence-electron chi connectivity index (χ0n) is 10.2. The van der Waals surface area contributed by atoms with Gasteiger partial charge in [0, 0.05) is 13.5 Å². The largest absolute Gasteiger partial charge is 0.303 e. The van der Waals surface area contributed by atoms with Gasteiger partial charge in [-0.3, -0.25) is 0 Å². The minimum Gasteiger partial charge on any atom is -0.303 e. The molecule has 2 heteroatoms. The molecule has 0 aromatic carbocycles. The molecule has 0 saturated carbocycles. The standard InChI is InChI=1S/C12H27N.S/c1-4-7-10-13(11-8-5-2)12-9-6-3;/h4-12H2,1-3H3;. The van der Waals surface area contributed by atoms with Crippen molar-refractivity contribution in [2.24, 2.45) is 0 Å². The van der Waals surface area contributed by atoms with Crippen LogP contribution in [0.25, 0.3) is 0 Å². The van der Waals surface area contributed by atoms with E-state index in [1.165, 1.54) is 58.2 Å². The van der Waals surface area contributed by atoms with Gasteiger partial charge in [0.2, 0.25) is 0 Å². The number of hydrogen-bond donors (Lipinski definition) is 0. The van der Waals surface area contributed by atoms with Crippen molar-refractivity contribution in [3.05, 3.63) is 0 Å². The summed E-state index contributed by atoms with van der Waals surface area (Å²) in [4.78, 5) is 2.64. The maximum absolute atomic E-state index is 2.64. The van der Waals surface area contributed by atoms with Gasteiger partial charge in [-0.2, -0.15) is 0 Å². The average Bonchev–Trinajstić information content (AvgIpc) is 2.17. The number of rotatable bonds is 9. The van der Waals surface area contributed by atoms with E-state index in [0.29, 0.717) is 0 Å². The van der Waals surface area contributed by atoms with Gasteiger partial charge >= 0.3 is 0 Å². The van der Waals surface area contributed by atoms with E-state index in [9.17, 15) is 0 Å². The molecule has 0 aliphatic carbocycles. The van der Waals surface area contributed by atoms with Gasteiger partial charge in [-0.1, -0.05) is 40.0 Å². The molecule has 2 radical (unpaired) electrons. The lowest BCUT2D eigenvalue weighted by Crippen LogP contribution is -2.27. The summed E-state index contributed by atoms with van der Waals surface area (Å²) in [7, 11) is 0. The summed E-state index contributed by atoms with van der Waals surface area (Å²) in [6.07, 6.45) is 8.09. The summed E-state index contributed by atoms with van der Waals surface area (Å²) in [6, 6.07) is 0. The Labute approximate surface area is 97.7 Å². The molecular weight excluding hydrogens is 190 g/mol. The van der Waals surface area contributed by atoms with Crippen LogP contribution in [0.4, 0.5) is 0 Å². The van der Waals surface area contributed by atoms with Crippen molar-refractivity contribution in [1.82, 2.24) is 4.90 Å². The van der Waals surface area contributed by atoms with Crippen molar-refractivity contribution in [3.8, 4) is 0 Å². The molecule has 0 heterocycles. The molecule has 0 aliphatic heterocycles. The molecule has 0 aromatic heterocycles. The predicted octanol–water partition coefficient (Wildman–Crippen LogP) is 4.34. The molecule has 0 spiro atoms. The van der Waals surface area contributed by atoms with Gasteiger partial charge in [0.15, 0.2) is 0 Å². The van der Waals surface area contributed by atoms with Gasteiger partial charge in [0.25, 0.3) is 0 Å². The Bertz CT molecular complexity index is 77.3. The minimum atomic E-state index is 0. The van der Waals surface area contributed by atoms with Gasteiger partial charge < -0.3 is 4.90 Å². The first kappa shape index (κ1) is 16.7. The van der Waals surface area contributed by atoms with E-state index in [0.717, 1.165) is 0 Å². The molecule has 0 N–H and O–H groups in total. The van der Waals surface area contributed by atoms with E-state index in [1.54, 1.807) is 0 Å². The highest BCUT2D eigenvalue weighted by Gasteiger charge is 2.01. The third-order valence-corrected chi connectivity index (χ3v) is 2.48. The van der Waals surface area contributed by atoms with Gasteiger partial charge in [-0.15, -0.1) is 0 Å². The Balaban J connectivity index is 0. The molecular formula is C12H27NS. The zero-order chi connectivity index (χ0) is 9.94. The molecule has 0 unspecified atom stereocenters. The van der Waals surface area contributed by atoms with Crippen LogP contribution in [0.15, 0.2) is 0 Å². The van der Waals surface area contributed by atoms with Crippen molar-refractivity contribution in [2.75, 3.05) is 19.6 Å². The van der Waals surface area contributed by atoms with Crippen LogP contribution >= 0.6 is 13.5 Å². The summed E-state index contributed by atoms with van der Waals surface area (Å²) in [5, 5.41) is 0. The van der Waals surface area contributed by atoms with Crippen LogP contribution in [-0.2, 0) is 0 Å². The molecule has 86 valence electrons. The summed E-state index contributed by atoms with van der Waals surface area (Å²) >= 11 is 0. The van der Waals surface area contributed by atoms with Crippen LogP contribution in [0.1, 0.15) is 59.3 Å². The topological polar surface area (TPSA) is 3.24 Å². The van der Waals surface area contributed by atoms with Crippen LogP contribution in [0.2, 0.25) is 0 Å². The minimum absolute atomic E-state index is 0. The maximum Gasteiger partial charge on any atom is 0 e. The zero-order valence-corrected chi connectivity index (χ0v) is 11.0. The van der Waals surface area contributed by atoms with Crippen molar-refractivity contribution >= 4 is 13.5 Å². The number of unbranched alkanes of at least 4 members (excludes halogenated alkanes) is 3. The Hall–Kier alpha value is 0.310. The Morgan fingerprint density at radius 3 is 1.14 bits per heavy atom. The lowest BCUT2D eigenvalue weighted by Gasteiger charge is -2.21. The molecule has 0 aromatic rings. The second-order valence-electron chi connectivity index (χ2n) is 3.90. The average molecular weight is 217 g/mol. The van der Waals surface area contributed by atoms with Crippen LogP contribution in [-0.4, -0.2) is 24.5 Å². The van der Waals surface area contributed by atoms with E-state index >= 15 is 0 Å². The first-order valence-electron chi connectivity index (χ1n) is 6.07. The van der Waals surface area contributed by atoms with Gasteiger partial charge in [0.05, 0.1) is 0 Å². The molecule has 0 aliphatic rings. The van der Waals surface area contributed by atoms with Crippen molar-refractivity contribution in [2.45, 2.75) is 59.3 Å². The summed E-state index contributed by atoms with van der Waals surface area (Å²) < 4.78 is 0. The van der Waals surface area contributed by atoms with Gasteiger partial charge in [-0.25, -0.2) is 0 Å². The SMILES string of the molecule is CCCCN(CCCC)CCCC.[S]. The molecule has 14 heavy (non-hydrogen) atoms. The molecule has 0 saturated heterocycles. The van der Waals surface area contributed by atoms with Crippen LogP contribution in [0.5, 0.6) is 0 Å². The highest BCUT2D eigenvalue weighted by molar-refractivity contribution is 7.59. The van der Waals surface area contributed by atoms with E-state index < -0.39 is 0 Å². The van der Waals surface area contributed by atoms with Gasteiger partial charge in [-0.05, 0) is 38.9 Å². The lowest BCUT2D eigenvalue weighted by molar-refractivity contribution is 0.261. The van der Waals surface area contributed by atoms with Crippen molar-refractivity contribution in [1.29, 1.82) is 0 Å². The second-order valence-corrected chi connectivity index (χ2v) is 3.90. The molecule has 0 bridgehead atoms. The molecule has 0 rings (SSSR count). The van der Waals surface area contributed by atoms with E-state index in [4.69, 9.17) is 0 Å². The fraction of sp³-hybridized carbons (Fsp3) is 1.00. The monoisotopic (exact) mass is 217 g/mol. The lowest BCUT2D eigenvalue weighted by atomic mass is 10.2. The Morgan fingerprint density at radius 2 is 0.929 bits per heavy atom. The molecule has 0 fully saturated rings. The number of hydrogen-bond acceptors (Lipinski definition) is 1. The molecule has 0 amide bonds.